The maximum atomic E-state index is 12.9. The van der Waals surface area contributed by atoms with Gasteiger partial charge < -0.3 is 14.6 Å². The van der Waals surface area contributed by atoms with Gasteiger partial charge in [0.1, 0.15) is 17.4 Å². The van der Waals surface area contributed by atoms with Crippen LogP contribution in [0, 0.1) is 0 Å². The van der Waals surface area contributed by atoms with Crippen molar-refractivity contribution in [3.8, 4) is 11.5 Å². The van der Waals surface area contributed by atoms with Crippen LogP contribution in [0.25, 0.3) is 0 Å². The fourth-order valence-electron chi connectivity index (χ4n) is 3.44. The summed E-state index contributed by atoms with van der Waals surface area (Å²) in [5, 5.41) is 8.87. The van der Waals surface area contributed by atoms with Crippen LogP contribution in [0.5, 0.6) is 11.5 Å². The molecule has 1 N–H and O–H groups in total. The number of sulfonamides is 1. The lowest BCUT2D eigenvalue weighted by molar-refractivity contribution is -0.136. The smallest absolute Gasteiger partial charge is 0.308 e. The maximum absolute atomic E-state index is 12.9. The number of hydrogen-bond acceptors (Lipinski definition) is 7. The number of benzene rings is 1. The van der Waals surface area contributed by atoms with Gasteiger partial charge in [-0.1, -0.05) is 6.07 Å². The van der Waals surface area contributed by atoms with Gasteiger partial charge in [0.05, 0.1) is 6.42 Å². The highest BCUT2D eigenvalue weighted by Crippen LogP contribution is 2.31. The zero-order valence-corrected chi connectivity index (χ0v) is 17.4. The Morgan fingerprint density at radius 1 is 1.03 bits per heavy atom. The second-order valence-corrected chi connectivity index (χ2v) is 10.3. The quantitative estimate of drug-likeness (QED) is 0.733. The van der Waals surface area contributed by atoms with Crippen molar-refractivity contribution in [3.63, 3.8) is 0 Å². The molecule has 0 spiro atoms. The number of carboxylic acid groups (broad SMARTS) is 1. The van der Waals surface area contributed by atoms with E-state index in [0.29, 0.717) is 50.8 Å². The molecular weight excluding hydrogens is 416 g/mol. The third kappa shape index (κ3) is 4.55. The molecule has 29 heavy (non-hydrogen) atoms. The van der Waals surface area contributed by atoms with Crippen molar-refractivity contribution in [3.05, 3.63) is 40.8 Å². The molecule has 0 amide bonds. The van der Waals surface area contributed by atoms with Crippen molar-refractivity contribution in [2.24, 2.45) is 0 Å². The number of piperazine rings is 1. The van der Waals surface area contributed by atoms with Crippen molar-refractivity contribution in [2.75, 3.05) is 39.4 Å². The van der Waals surface area contributed by atoms with Crippen LogP contribution in [0.2, 0.25) is 0 Å². The van der Waals surface area contributed by atoms with E-state index in [0.717, 1.165) is 28.4 Å². The molecule has 0 unspecified atom stereocenters. The summed E-state index contributed by atoms with van der Waals surface area (Å²) in [4.78, 5) is 13.6. The molecule has 0 bridgehead atoms. The Kier molecular flexibility index (Phi) is 5.77. The first-order valence-corrected chi connectivity index (χ1v) is 11.6. The molecule has 2 aliphatic heterocycles. The first-order valence-electron chi connectivity index (χ1n) is 9.33. The first kappa shape index (κ1) is 20.1. The Hall–Kier alpha value is -2.14. The molecule has 2 aromatic rings. The van der Waals surface area contributed by atoms with E-state index in [2.05, 4.69) is 4.90 Å². The van der Waals surface area contributed by atoms with Crippen LogP contribution >= 0.6 is 11.3 Å². The zero-order valence-electron chi connectivity index (χ0n) is 15.7. The van der Waals surface area contributed by atoms with Gasteiger partial charge in [0.2, 0.25) is 0 Å². The molecule has 0 saturated carbocycles. The molecule has 2 aliphatic rings. The van der Waals surface area contributed by atoms with E-state index in [-0.39, 0.29) is 10.6 Å². The Labute approximate surface area is 173 Å². The van der Waals surface area contributed by atoms with E-state index in [4.69, 9.17) is 14.6 Å². The molecule has 1 saturated heterocycles. The predicted molar refractivity (Wildman–Crippen MR) is 107 cm³/mol. The van der Waals surface area contributed by atoms with E-state index in [1.54, 1.807) is 6.07 Å². The van der Waals surface area contributed by atoms with E-state index >= 15 is 0 Å². The highest BCUT2D eigenvalue weighted by atomic mass is 32.2. The minimum atomic E-state index is -3.59. The van der Waals surface area contributed by atoms with E-state index in [1.165, 1.54) is 10.4 Å². The average Bonchev–Trinajstić information content (AvgIpc) is 3.17. The number of carbonyl (C=O) groups is 1. The van der Waals surface area contributed by atoms with Crippen LogP contribution in [0.3, 0.4) is 0 Å². The number of carboxylic acids is 1. The van der Waals surface area contributed by atoms with Crippen molar-refractivity contribution >= 4 is 27.3 Å². The van der Waals surface area contributed by atoms with Crippen LogP contribution in [0.1, 0.15) is 10.4 Å². The average molecular weight is 439 g/mol. The summed E-state index contributed by atoms with van der Waals surface area (Å²) < 4.78 is 38.5. The molecule has 0 radical (unpaired) electrons. The Morgan fingerprint density at radius 2 is 1.76 bits per heavy atom. The van der Waals surface area contributed by atoms with Gasteiger partial charge in [0.25, 0.3) is 10.0 Å². The number of thiophene rings is 1. The van der Waals surface area contributed by atoms with Gasteiger partial charge in [-0.2, -0.15) is 4.31 Å². The summed E-state index contributed by atoms with van der Waals surface area (Å²) in [7, 11) is -3.59. The molecule has 8 nitrogen and oxygen atoms in total. The van der Waals surface area contributed by atoms with Gasteiger partial charge in [-0.15, -0.1) is 11.3 Å². The largest absolute Gasteiger partial charge is 0.486 e. The lowest BCUT2D eigenvalue weighted by Crippen LogP contribution is -2.48. The van der Waals surface area contributed by atoms with Gasteiger partial charge in [0.15, 0.2) is 11.5 Å². The van der Waals surface area contributed by atoms with Gasteiger partial charge in [0, 0.05) is 37.6 Å². The monoisotopic (exact) mass is 438 g/mol. The summed E-state index contributed by atoms with van der Waals surface area (Å²) in [6.07, 6.45) is -0.163. The van der Waals surface area contributed by atoms with E-state index in [1.807, 2.05) is 18.2 Å². The SMILES string of the molecule is O=C(O)Cc1ccc(S(=O)(=O)N2CCN(Cc3ccc4c(c3)OCCO4)CC2)s1. The van der Waals surface area contributed by atoms with Crippen LogP contribution in [-0.2, 0) is 27.8 Å². The van der Waals surface area contributed by atoms with Crippen LogP contribution in [0.15, 0.2) is 34.5 Å². The van der Waals surface area contributed by atoms with Gasteiger partial charge in [-0.25, -0.2) is 8.42 Å². The summed E-state index contributed by atoms with van der Waals surface area (Å²) in [5.41, 5.74) is 1.10. The summed E-state index contributed by atoms with van der Waals surface area (Å²) in [6.45, 7) is 3.88. The molecule has 0 atom stereocenters. The molecule has 1 aromatic carbocycles. The van der Waals surface area contributed by atoms with Gasteiger partial charge >= 0.3 is 5.97 Å². The lowest BCUT2D eigenvalue weighted by Gasteiger charge is -2.33. The fraction of sp³-hybridized carbons (Fsp3) is 0.421. The highest BCUT2D eigenvalue weighted by Gasteiger charge is 2.30. The summed E-state index contributed by atoms with van der Waals surface area (Å²) in [6, 6.07) is 8.97. The summed E-state index contributed by atoms with van der Waals surface area (Å²) >= 11 is 1.03. The predicted octanol–water partition coefficient (Wildman–Crippen LogP) is 1.65. The minimum absolute atomic E-state index is 0.163. The molecular formula is C19H22N2O6S2. The van der Waals surface area contributed by atoms with E-state index in [9.17, 15) is 13.2 Å². The van der Waals surface area contributed by atoms with Crippen LogP contribution < -0.4 is 9.47 Å². The van der Waals surface area contributed by atoms with Crippen molar-refractivity contribution in [2.45, 2.75) is 17.2 Å². The van der Waals surface area contributed by atoms with Crippen molar-refractivity contribution in [1.82, 2.24) is 9.21 Å². The molecule has 1 aromatic heterocycles. The number of fused-ring (bicyclic) bond motifs is 1. The Bertz CT molecular complexity index is 996. The van der Waals surface area contributed by atoms with Crippen LogP contribution in [0.4, 0.5) is 0 Å². The third-order valence-electron chi connectivity index (χ3n) is 4.90. The number of hydrogen-bond donors (Lipinski definition) is 1. The number of aliphatic carboxylic acids is 1. The molecule has 3 heterocycles. The third-order valence-corrected chi connectivity index (χ3v) is 8.35. The lowest BCUT2D eigenvalue weighted by atomic mass is 10.1. The number of rotatable bonds is 6. The number of ether oxygens (including phenoxy) is 2. The van der Waals surface area contributed by atoms with Gasteiger partial charge in [-0.3, -0.25) is 9.69 Å². The second kappa shape index (κ2) is 8.31. The van der Waals surface area contributed by atoms with Crippen molar-refractivity contribution in [1.29, 1.82) is 0 Å². The maximum Gasteiger partial charge on any atom is 0.308 e. The van der Waals surface area contributed by atoms with Gasteiger partial charge in [-0.05, 0) is 29.8 Å². The number of nitrogens with zero attached hydrogens (tertiary/aromatic N) is 2. The zero-order chi connectivity index (χ0) is 20.4. The Morgan fingerprint density at radius 3 is 2.48 bits per heavy atom. The highest BCUT2D eigenvalue weighted by molar-refractivity contribution is 7.91. The first-order chi connectivity index (χ1) is 13.9. The van der Waals surface area contributed by atoms with Crippen LogP contribution in [-0.4, -0.2) is 68.1 Å². The molecule has 1 fully saturated rings. The molecule has 10 heteroatoms. The normalized spacial score (nSPS) is 17.9. The fourth-order valence-corrected chi connectivity index (χ4v) is 6.36. The molecule has 0 aliphatic carbocycles. The van der Waals surface area contributed by atoms with Crippen molar-refractivity contribution < 1.29 is 27.8 Å². The second-order valence-electron chi connectivity index (χ2n) is 6.95. The Balaban J connectivity index is 1.36. The molecule has 4 rings (SSSR count). The minimum Gasteiger partial charge on any atom is -0.486 e. The topological polar surface area (TPSA) is 96.4 Å². The molecule has 156 valence electrons. The van der Waals surface area contributed by atoms with E-state index < -0.39 is 16.0 Å². The standard InChI is InChI=1S/C19H22N2O6S2/c22-18(23)12-15-2-4-19(28-15)29(24,25)21-7-5-20(6-8-21)13-14-1-3-16-17(11-14)27-10-9-26-16/h1-4,11H,5-10,12-13H2,(H,22,23). The summed E-state index contributed by atoms with van der Waals surface area (Å²) in [5.74, 6) is 0.544.